The molecule has 2 heterocycles. The van der Waals surface area contributed by atoms with Gasteiger partial charge in [0, 0.05) is 36.3 Å². The average Bonchev–Trinajstić information content (AvgIpc) is 3.32. The predicted molar refractivity (Wildman–Crippen MR) is 145 cm³/mol. The number of amidine groups is 1. The van der Waals surface area contributed by atoms with E-state index in [9.17, 15) is 5.26 Å². The van der Waals surface area contributed by atoms with Crippen LogP contribution in [-0.2, 0) is 0 Å². The summed E-state index contributed by atoms with van der Waals surface area (Å²) < 4.78 is 0. The van der Waals surface area contributed by atoms with Gasteiger partial charge in [-0.05, 0) is 43.6 Å². The van der Waals surface area contributed by atoms with E-state index in [0.717, 1.165) is 41.2 Å². The smallest absolute Gasteiger partial charge is 0.130 e. The molecule has 1 saturated carbocycles. The highest BCUT2D eigenvalue weighted by Crippen LogP contribution is 2.40. The van der Waals surface area contributed by atoms with Gasteiger partial charge in [0.2, 0.25) is 0 Å². The first-order valence-corrected chi connectivity index (χ1v) is 13.0. The third-order valence-electron chi connectivity index (χ3n) is 6.88. The maximum Gasteiger partial charge on any atom is 0.130 e. The molecule has 1 aromatic heterocycles. The van der Waals surface area contributed by atoms with Crippen LogP contribution in [0.2, 0.25) is 0 Å². The minimum absolute atomic E-state index is 0.250. The number of thiocarbonyl (C=S) groups is 1. The fourth-order valence-corrected chi connectivity index (χ4v) is 5.21. The Hall–Kier alpha value is -2.89. The largest absolute Gasteiger partial charge is 0.366 e. The maximum absolute atomic E-state index is 9.64. The molecule has 3 N–H and O–H groups in total. The van der Waals surface area contributed by atoms with E-state index in [-0.39, 0.29) is 10.9 Å². The molecular weight excluding hydrogens is 456 g/mol. The monoisotopic (exact) mass is 492 g/mol. The van der Waals surface area contributed by atoms with E-state index in [1.807, 2.05) is 18.5 Å². The topological polar surface area (TPSA) is 106 Å². The number of allylic oxidation sites excluding steroid dienone is 2. The molecule has 8 heteroatoms. The molecule has 0 radical (unpaired) electrons. The number of aryl methyl sites for hydroxylation is 1. The van der Waals surface area contributed by atoms with Crippen molar-refractivity contribution in [1.82, 2.24) is 20.8 Å². The van der Waals surface area contributed by atoms with Crippen molar-refractivity contribution in [2.24, 2.45) is 22.7 Å². The van der Waals surface area contributed by atoms with Crippen LogP contribution in [0.1, 0.15) is 68.8 Å². The summed E-state index contributed by atoms with van der Waals surface area (Å²) in [5.74, 6) is 1.97. The number of nitrogens with zero attached hydrogens (tertiary/aromatic N) is 4. The summed E-state index contributed by atoms with van der Waals surface area (Å²) in [6.45, 7) is 5.29. The van der Waals surface area contributed by atoms with Crippen LogP contribution in [0.5, 0.6) is 0 Å². The van der Waals surface area contributed by atoms with E-state index < -0.39 is 0 Å². The van der Waals surface area contributed by atoms with Crippen molar-refractivity contribution in [2.45, 2.75) is 58.8 Å². The van der Waals surface area contributed by atoms with E-state index >= 15 is 0 Å². The zero-order valence-electron chi connectivity index (χ0n) is 20.7. The Balaban J connectivity index is 2.02. The van der Waals surface area contributed by atoms with Gasteiger partial charge in [-0.1, -0.05) is 69.1 Å². The van der Waals surface area contributed by atoms with Crippen molar-refractivity contribution < 1.29 is 5.21 Å². The van der Waals surface area contributed by atoms with Crippen LogP contribution < -0.4 is 10.8 Å². The first-order valence-electron chi connectivity index (χ1n) is 12.6. The molecule has 1 aliphatic carbocycles. The molecule has 0 bridgehead atoms. The molecule has 2 aliphatic rings. The number of aliphatic imine (C=N–C) groups is 1. The molecule has 0 amide bonds. The second kappa shape index (κ2) is 13.9. The number of hydrogen-bond acceptors (Lipinski definition) is 7. The molecule has 0 saturated heterocycles. The van der Waals surface area contributed by atoms with Gasteiger partial charge in [-0.3, -0.25) is 15.7 Å². The van der Waals surface area contributed by atoms with Crippen molar-refractivity contribution in [3.05, 3.63) is 47.6 Å². The lowest BCUT2D eigenvalue weighted by Crippen LogP contribution is -2.26. The minimum Gasteiger partial charge on any atom is -0.366 e. The summed E-state index contributed by atoms with van der Waals surface area (Å²) in [6.07, 6.45) is 19.0. The number of rotatable bonds is 9. The quantitative estimate of drug-likeness (QED) is 0.248. The van der Waals surface area contributed by atoms with E-state index in [1.54, 1.807) is 12.4 Å². The molecule has 1 fully saturated rings. The zero-order valence-corrected chi connectivity index (χ0v) is 21.5. The second-order valence-electron chi connectivity index (χ2n) is 9.13. The maximum atomic E-state index is 9.64. The lowest BCUT2D eigenvalue weighted by atomic mass is 9.76. The number of nitrogens with one attached hydrogen (secondary N) is 2. The summed E-state index contributed by atoms with van der Waals surface area (Å²) in [5.41, 5.74) is 5.70. The molecule has 1 aromatic rings. The highest BCUT2D eigenvalue weighted by molar-refractivity contribution is 7.80. The van der Waals surface area contributed by atoms with Gasteiger partial charge in [-0.2, -0.15) is 5.26 Å². The Morgan fingerprint density at radius 3 is 2.80 bits per heavy atom. The number of aromatic nitrogens is 2. The lowest BCUT2D eigenvalue weighted by molar-refractivity contribution is 0.238. The molecular formula is C27H36N6OS. The first kappa shape index (κ1) is 26.7. The molecule has 3 rings (SSSR count). The van der Waals surface area contributed by atoms with Crippen LogP contribution in [0, 0.1) is 36.0 Å². The van der Waals surface area contributed by atoms with Gasteiger partial charge in [0.25, 0.3) is 0 Å². The van der Waals surface area contributed by atoms with Crippen LogP contribution in [0.15, 0.2) is 35.6 Å². The summed E-state index contributed by atoms with van der Waals surface area (Å²) in [5, 5.41) is 22.0. The molecule has 186 valence electrons. The first-order chi connectivity index (χ1) is 17.1. The van der Waals surface area contributed by atoms with E-state index in [0.29, 0.717) is 31.3 Å². The van der Waals surface area contributed by atoms with Gasteiger partial charge in [0.05, 0.1) is 11.8 Å². The second-order valence-corrected chi connectivity index (χ2v) is 9.56. The molecule has 0 aromatic carbocycles. The number of hydroxylamine groups is 1. The van der Waals surface area contributed by atoms with Crippen LogP contribution in [0.25, 0.3) is 11.6 Å². The van der Waals surface area contributed by atoms with Crippen LogP contribution in [0.4, 0.5) is 0 Å². The zero-order chi connectivity index (χ0) is 25.0. The van der Waals surface area contributed by atoms with Crippen molar-refractivity contribution in [3.63, 3.8) is 0 Å². The van der Waals surface area contributed by atoms with Gasteiger partial charge in [-0.15, -0.1) is 0 Å². The van der Waals surface area contributed by atoms with Crippen molar-refractivity contribution >= 4 is 34.7 Å². The molecule has 7 nitrogen and oxygen atoms in total. The van der Waals surface area contributed by atoms with Crippen molar-refractivity contribution in [3.8, 4) is 6.07 Å². The summed E-state index contributed by atoms with van der Waals surface area (Å²) in [6, 6.07) is 2.47. The van der Waals surface area contributed by atoms with Crippen LogP contribution in [-0.4, -0.2) is 39.1 Å². The Labute approximate surface area is 214 Å². The Morgan fingerprint density at radius 2 is 2.09 bits per heavy atom. The third kappa shape index (κ3) is 7.30. The Kier molecular flexibility index (Phi) is 10.6. The molecule has 0 spiro atoms. The summed E-state index contributed by atoms with van der Waals surface area (Å²) >= 11 is 4.97. The molecule has 2 unspecified atom stereocenters. The molecule has 2 atom stereocenters. The van der Waals surface area contributed by atoms with Gasteiger partial charge >= 0.3 is 0 Å². The lowest BCUT2D eigenvalue weighted by Gasteiger charge is -2.28. The third-order valence-corrected chi connectivity index (χ3v) is 7.10. The van der Waals surface area contributed by atoms with Gasteiger partial charge in [0.1, 0.15) is 17.2 Å². The highest BCUT2D eigenvalue weighted by atomic mass is 32.1. The van der Waals surface area contributed by atoms with Crippen LogP contribution in [0.3, 0.4) is 0 Å². The fourth-order valence-electron chi connectivity index (χ4n) is 5.12. The van der Waals surface area contributed by atoms with Crippen molar-refractivity contribution in [1.29, 1.82) is 5.26 Å². The minimum atomic E-state index is 0.250. The predicted octanol–water partition coefficient (Wildman–Crippen LogP) is 5.18. The summed E-state index contributed by atoms with van der Waals surface area (Å²) in [4.78, 5) is 14.3. The SMILES string of the molecule is CC/C=C\c1c(C)ncnc1C1=CC(C(CC#N)C2CCCC2)CCN=C1NC/C=C/C(=S)NO. The number of hydrogen-bond donors (Lipinski definition) is 3. The van der Waals surface area contributed by atoms with E-state index in [1.165, 1.54) is 25.7 Å². The average molecular weight is 493 g/mol. The molecule has 35 heavy (non-hydrogen) atoms. The highest BCUT2D eigenvalue weighted by Gasteiger charge is 2.32. The van der Waals surface area contributed by atoms with Crippen molar-refractivity contribution in [2.75, 3.05) is 13.1 Å². The molecule has 1 aliphatic heterocycles. The van der Waals surface area contributed by atoms with Crippen LogP contribution >= 0.6 is 12.2 Å². The summed E-state index contributed by atoms with van der Waals surface area (Å²) in [7, 11) is 0. The standard InChI is InChI=1S/C27H36N6OS/c1-3-4-10-22-19(2)31-18-32-26(22)24-17-21(23(12-14-28)20-8-5-6-9-20)13-16-30-27(24)29-15-7-11-25(35)33-34/h4,7,10-11,17-18,20-21,23,34H,3,5-6,8-9,12-13,15-16H2,1-2H3,(H,29,30)(H,33,35)/b10-4-,11-7+. The van der Waals surface area contributed by atoms with E-state index in [4.69, 9.17) is 27.4 Å². The Bertz CT molecular complexity index is 1030. The normalized spacial score (nSPS) is 19.8. The Morgan fingerprint density at radius 1 is 1.29 bits per heavy atom. The van der Waals surface area contributed by atoms with E-state index in [2.05, 4.69) is 41.5 Å². The number of nitriles is 1. The fraction of sp³-hybridized carbons (Fsp3) is 0.519. The van der Waals surface area contributed by atoms with Gasteiger partial charge in [-0.25, -0.2) is 9.97 Å². The van der Waals surface area contributed by atoms with Gasteiger partial charge in [0.15, 0.2) is 0 Å². The van der Waals surface area contributed by atoms with Gasteiger partial charge < -0.3 is 5.32 Å².